The fourth-order valence-corrected chi connectivity index (χ4v) is 5.96. The Bertz CT molecular complexity index is 1750. The number of phosphoric ester groups is 1. The molecule has 0 saturated carbocycles. The maximum Gasteiger partial charge on any atom is 0.524 e. The van der Waals surface area contributed by atoms with Crippen molar-refractivity contribution in [3.05, 3.63) is 86.1 Å². The molecule has 2 aromatic heterocycles. The van der Waals surface area contributed by atoms with Gasteiger partial charge in [0.25, 0.3) is 0 Å². The van der Waals surface area contributed by atoms with Gasteiger partial charge in [-0.05, 0) is 68.0 Å². The van der Waals surface area contributed by atoms with Crippen molar-refractivity contribution in [2.24, 2.45) is 0 Å². The van der Waals surface area contributed by atoms with E-state index in [0.717, 1.165) is 35.8 Å². The number of benzene rings is 2. The quantitative estimate of drug-likeness (QED) is 0.0529. The Morgan fingerprint density at radius 3 is 1.60 bits per heavy atom. The minimum absolute atomic E-state index is 0.0559. The summed E-state index contributed by atoms with van der Waals surface area (Å²) in [6, 6.07) is 13.4. The highest BCUT2D eigenvalue weighted by atomic mass is 31.2. The molecule has 0 aliphatic rings. The highest BCUT2D eigenvalue weighted by Gasteiger charge is 2.16. The van der Waals surface area contributed by atoms with E-state index in [0.29, 0.717) is 17.4 Å². The van der Waals surface area contributed by atoms with Crippen LogP contribution in [0, 0.1) is 13.8 Å². The van der Waals surface area contributed by atoms with E-state index >= 15 is 0 Å². The summed E-state index contributed by atoms with van der Waals surface area (Å²) in [4.78, 5) is 50.4. The van der Waals surface area contributed by atoms with Crippen LogP contribution in [0.3, 0.4) is 0 Å². The van der Waals surface area contributed by atoms with Crippen LogP contribution in [0.2, 0.25) is 0 Å². The molecule has 4 aromatic rings. The molecule has 0 amide bonds. The number of fused-ring (bicyclic) bond motifs is 2. The molecule has 3 N–H and O–H groups in total. The zero-order valence-corrected chi connectivity index (χ0v) is 28.3. The molecule has 0 atom stereocenters. The highest BCUT2D eigenvalue weighted by molar-refractivity contribution is 7.46. The van der Waals surface area contributed by atoms with E-state index in [2.05, 4.69) is 16.7 Å². The molecule has 0 aliphatic carbocycles. The molecule has 2 heterocycles. The third-order valence-electron chi connectivity index (χ3n) is 8.02. The summed E-state index contributed by atoms with van der Waals surface area (Å²) >= 11 is 0. The molecule has 0 aliphatic heterocycles. The normalized spacial score (nSPS) is 11.4. The smallest absolute Gasteiger partial charge is 0.481 e. The molecule has 0 radical (unpaired) electrons. The van der Waals surface area contributed by atoms with Crippen LogP contribution >= 0.6 is 7.82 Å². The predicted octanol–water partition coefficient (Wildman–Crippen LogP) is 8.76. The number of hydrogen-bond acceptors (Lipinski definition) is 7. The maximum absolute atomic E-state index is 11.5. The van der Waals surface area contributed by atoms with Crippen molar-refractivity contribution in [2.45, 2.75) is 110 Å². The van der Waals surface area contributed by atoms with Gasteiger partial charge in [0.2, 0.25) is 0 Å². The van der Waals surface area contributed by atoms with E-state index in [9.17, 15) is 18.9 Å². The van der Waals surface area contributed by atoms with Gasteiger partial charge in [-0.1, -0.05) is 82.8 Å². The van der Waals surface area contributed by atoms with E-state index in [-0.39, 0.29) is 17.0 Å². The molecule has 0 saturated heterocycles. The average molecular weight is 671 g/mol. The minimum Gasteiger partial charge on any atom is -0.481 e. The van der Waals surface area contributed by atoms with Crippen LogP contribution in [0.4, 0.5) is 0 Å². The number of carboxylic acid groups (broad SMARTS) is 1. The third-order valence-corrected chi connectivity index (χ3v) is 8.47. The lowest BCUT2D eigenvalue weighted by atomic mass is 10.0. The Morgan fingerprint density at radius 1 is 0.660 bits per heavy atom. The highest BCUT2D eigenvalue weighted by Crippen LogP contribution is 2.38. The van der Waals surface area contributed by atoms with Crippen LogP contribution in [-0.4, -0.2) is 20.9 Å². The third kappa shape index (κ3) is 14.3. The van der Waals surface area contributed by atoms with Crippen LogP contribution < -0.4 is 15.8 Å². The SMILES string of the molecule is Cc1cc(=O)oc2cc(CCCCCCCCCCCCCCCC(=O)O)ccc12.Cc1cc(=O)oc2cc(OP(=O)(O)O)ccc12. The fraction of sp³-hybridized carbons (Fsp3) is 0.472. The van der Waals surface area contributed by atoms with E-state index in [4.69, 9.17) is 23.7 Å². The van der Waals surface area contributed by atoms with Gasteiger partial charge in [0.05, 0.1) is 0 Å². The molecule has 47 heavy (non-hydrogen) atoms. The van der Waals surface area contributed by atoms with Crippen molar-refractivity contribution in [3.63, 3.8) is 0 Å². The van der Waals surface area contributed by atoms with E-state index in [1.54, 1.807) is 19.1 Å². The number of carbonyl (C=O) groups is 1. The summed E-state index contributed by atoms with van der Waals surface area (Å²) in [6.07, 6.45) is 17.3. The fourth-order valence-electron chi connectivity index (χ4n) is 5.57. The molecular formula is C36H47O10P. The van der Waals surface area contributed by atoms with E-state index in [1.165, 1.54) is 94.4 Å². The topological polar surface area (TPSA) is 164 Å². The Labute approximate surface area is 275 Å². The molecule has 2 aromatic carbocycles. The Kier molecular flexibility index (Phi) is 15.4. The summed E-state index contributed by atoms with van der Waals surface area (Å²) in [7, 11) is -4.61. The van der Waals surface area contributed by atoms with Crippen LogP contribution in [0.1, 0.15) is 107 Å². The van der Waals surface area contributed by atoms with Gasteiger partial charge in [-0.2, -0.15) is 0 Å². The van der Waals surface area contributed by atoms with Crippen molar-refractivity contribution in [3.8, 4) is 5.75 Å². The summed E-state index contributed by atoms with van der Waals surface area (Å²) in [5.41, 5.74) is 3.08. The standard InChI is InChI=1S/C26H38O4.C10H9O6P/c1-21-19-26(29)30-24-20-22(17-18-23(21)24)15-13-11-9-7-5-3-2-4-6-8-10-12-14-16-25(27)28;1-6-4-10(11)15-9-5-7(2-3-8(6)9)16-17(12,13)14/h17-20H,2-16H2,1H3,(H,27,28);2-5H,1H3,(H2,12,13,14). The molecule has 11 heteroatoms. The van der Waals surface area contributed by atoms with Crippen LogP contribution in [0.15, 0.2) is 67.0 Å². The van der Waals surface area contributed by atoms with Gasteiger partial charge in [0.15, 0.2) is 0 Å². The Hall–Kier alpha value is -3.72. The number of rotatable bonds is 18. The molecule has 0 fully saturated rings. The molecule has 256 valence electrons. The van der Waals surface area contributed by atoms with Crippen LogP contribution in [0.5, 0.6) is 5.75 Å². The maximum atomic E-state index is 11.5. The monoisotopic (exact) mass is 670 g/mol. The zero-order chi connectivity index (χ0) is 34.2. The number of carboxylic acids is 1. The molecule has 0 spiro atoms. The average Bonchev–Trinajstić information content (AvgIpc) is 2.98. The molecule has 0 unspecified atom stereocenters. The first kappa shape index (κ1) is 37.7. The summed E-state index contributed by atoms with van der Waals surface area (Å²) in [5.74, 6) is -0.729. The van der Waals surface area contributed by atoms with Gasteiger partial charge < -0.3 is 18.5 Å². The van der Waals surface area contributed by atoms with Gasteiger partial charge in [-0.3, -0.25) is 14.6 Å². The van der Waals surface area contributed by atoms with Crippen molar-refractivity contribution < 1.29 is 37.6 Å². The second-order valence-electron chi connectivity index (χ2n) is 12.1. The first-order valence-corrected chi connectivity index (χ1v) is 18.0. The minimum atomic E-state index is -4.61. The van der Waals surface area contributed by atoms with Crippen molar-refractivity contribution in [2.75, 3.05) is 0 Å². The molecule has 4 rings (SSSR count). The first-order valence-electron chi connectivity index (χ1n) is 16.5. The molecule has 0 bridgehead atoms. The van der Waals surface area contributed by atoms with Crippen LogP contribution in [-0.2, 0) is 15.8 Å². The number of aryl methyl sites for hydroxylation is 3. The molecule has 10 nitrogen and oxygen atoms in total. The van der Waals surface area contributed by atoms with Gasteiger partial charge in [-0.25, -0.2) is 14.2 Å². The summed E-state index contributed by atoms with van der Waals surface area (Å²) in [6.45, 7) is 3.69. The van der Waals surface area contributed by atoms with Gasteiger partial charge in [0, 0.05) is 35.4 Å². The van der Waals surface area contributed by atoms with Crippen LogP contribution in [0.25, 0.3) is 21.9 Å². The lowest BCUT2D eigenvalue weighted by Gasteiger charge is -2.07. The zero-order valence-electron chi connectivity index (χ0n) is 27.4. The Balaban J connectivity index is 0.000000297. The predicted molar refractivity (Wildman–Crippen MR) is 183 cm³/mol. The van der Waals surface area contributed by atoms with Crippen molar-refractivity contribution in [1.29, 1.82) is 0 Å². The lowest BCUT2D eigenvalue weighted by molar-refractivity contribution is -0.137. The van der Waals surface area contributed by atoms with Crippen molar-refractivity contribution in [1.82, 2.24) is 0 Å². The van der Waals surface area contributed by atoms with E-state index in [1.807, 2.05) is 13.0 Å². The summed E-state index contributed by atoms with van der Waals surface area (Å²) in [5, 5.41) is 10.3. The first-order chi connectivity index (χ1) is 22.4. The number of unbranched alkanes of at least 4 members (excludes halogenated alkanes) is 12. The van der Waals surface area contributed by atoms with Gasteiger partial charge in [0.1, 0.15) is 16.9 Å². The van der Waals surface area contributed by atoms with Gasteiger partial charge >= 0.3 is 25.0 Å². The number of phosphoric acid groups is 1. The second-order valence-corrected chi connectivity index (χ2v) is 13.2. The largest absolute Gasteiger partial charge is 0.524 e. The van der Waals surface area contributed by atoms with Crippen molar-refractivity contribution >= 4 is 35.7 Å². The number of aliphatic carboxylic acids is 1. The van der Waals surface area contributed by atoms with Gasteiger partial charge in [-0.15, -0.1) is 0 Å². The Morgan fingerprint density at radius 2 is 1.11 bits per heavy atom. The lowest BCUT2D eigenvalue weighted by Crippen LogP contribution is -1.98. The van der Waals surface area contributed by atoms with E-state index < -0.39 is 19.4 Å². The molecular weight excluding hydrogens is 623 g/mol. The second kappa shape index (κ2) is 19.2. The summed E-state index contributed by atoms with van der Waals surface area (Å²) < 4.78 is 25.3. The number of hydrogen-bond donors (Lipinski definition) is 3.